The van der Waals surface area contributed by atoms with Crippen LogP contribution in [0, 0.1) is 0 Å². The van der Waals surface area contributed by atoms with E-state index in [1.54, 1.807) is 29.7 Å². The maximum atomic E-state index is 5.42. The predicted octanol–water partition coefficient (Wildman–Crippen LogP) is 1.20. The average Bonchev–Trinajstić information content (AvgIpc) is 2.70. The minimum absolute atomic E-state index is 0.440. The molecule has 0 radical (unpaired) electrons. The Kier molecular flexibility index (Phi) is 2.90. The van der Waals surface area contributed by atoms with Gasteiger partial charge in [-0.25, -0.2) is 4.98 Å². The Morgan fingerprint density at radius 3 is 2.93 bits per heavy atom. The molecule has 0 aromatic carbocycles. The fraction of sp³-hybridized carbons (Fsp3) is 0.143. The molecule has 0 unspecified atom stereocenters. The first-order chi connectivity index (χ1) is 6.84. The van der Waals surface area contributed by atoms with E-state index in [0.29, 0.717) is 5.82 Å². The molecule has 0 saturated carbocycles. The first kappa shape index (κ1) is 9.35. The predicted molar refractivity (Wildman–Crippen MR) is 55.9 cm³/mol. The fourth-order valence-electron chi connectivity index (χ4n) is 0.801. The van der Waals surface area contributed by atoms with Gasteiger partial charge in [-0.2, -0.15) is 0 Å². The van der Waals surface area contributed by atoms with Crippen molar-refractivity contribution in [3.63, 3.8) is 0 Å². The third-order valence-corrected chi connectivity index (χ3v) is 3.30. The lowest BCUT2D eigenvalue weighted by Gasteiger charge is -1.97. The maximum Gasteiger partial charge on any atom is 0.174 e. The van der Waals surface area contributed by atoms with E-state index in [1.807, 2.05) is 0 Å². The average molecular weight is 225 g/mol. The molecule has 0 aliphatic rings. The van der Waals surface area contributed by atoms with Crippen molar-refractivity contribution in [3.8, 4) is 0 Å². The number of nitrogens with zero attached hydrogens (tertiary/aromatic N) is 4. The standard InChI is InChI=1S/C7H7N5S2/c8-6-2-9-5(1-10-6)3-13-7-12-11-4-14-7/h1-2,4H,3H2,(H2,8,10). The minimum Gasteiger partial charge on any atom is -0.382 e. The molecule has 0 saturated heterocycles. The molecule has 7 heteroatoms. The van der Waals surface area contributed by atoms with E-state index >= 15 is 0 Å². The van der Waals surface area contributed by atoms with E-state index in [0.717, 1.165) is 15.8 Å². The summed E-state index contributed by atoms with van der Waals surface area (Å²) in [6.07, 6.45) is 3.22. The highest BCUT2D eigenvalue weighted by Crippen LogP contribution is 2.22. The highest BCUT2D eigenvalue weighted by atomic mass is 32.2. The molecule has 0 aliphatic heterocycles. The molecule has 2 N–H and O–H groups in total. The molecule has 2 rings (SSSR count). The van der Waals surface area contributed by atoms with E-state index in [2.05, 4.69) is 20.2 Å². The lowest BCUT2D eigenvalue weighted by molar-refractivity contribution is 1.01. The molecule has 2 heterocycles. The van der Waals surface area contributed by atoms with Gasteiger partial charge in [-0.3, -0.25) is 4.98 Å². The van der Waals surface area contributed by atoms with E-state index in [9.17, 15) is 0 Å². The number of hydrogen-bond acceptors (Lipinski definition) is 7. The van der Waals surface area contributed by atoms with Gasteiger partial charge in [-0.05, 0) is 0 Å². The molecule has 5 nitrogen and oxygen atoms in total. The lowest BCUT2D eigenvalue weighted by atomic mass is 10.5. The van der Waals surface area contributed by atoms with Crippen LogP contribution in [0.3, 0.4) is 0 Å². The topological polar surface area (TPSA) is 77.6 Å². The number of aromatic nitrogens is 4. The zero-order valence-electron chi connectivity index (χ0n) is 7.12. The second-order valence-electron chi connectivity index (χ2n) is 2.43. The van der Waals surface area contributed by atoms with Crippen LogP contribution in [0.2, 0.25) is 0 Å². The zero-order chi connectivity index (χ0) is 9.80. The van der Waals surface area contributed by atoms with Crippen LogP contribution < -0.4 is 5.73 Å². The maximum absolute atomic E-state index is 5.42. The van der Waals surface area contributed by atoms with Crippen molar-refractivity contribution in [2.24, 2.45) is 0 Å². The molecule has 0 amide bonds. The van der Waals surface area contributed by atoms with Gasteiger partial charge in [-0.1, -0.05) is 23.1 Å². The van der Waals surface area contributed by atoms with Gasteiger partial charge in [0.25, 0.3) is 0 Å². The second-order valence-corrected chi connectivity index (χ2v) is 4.48. The van der Waals surface area contributed by atoms with Crippen molar-refractivity contribution >= 4 is 28.9 Å². The Morgan fingerprint density at radius 2 is 2.29 bits per heavy atom. The summed E-state index contributed by atoms with van der Waals surface area (Å²) in [7, 11) is 0. The van der Waals surface area contributed by atoms with Crippen molar-refractivity contribution in [2.75, 3.05) is 5.73 Å². The van der Waals surface area contributed by atoms with Gasteiger partial charge in [0.15, 0.2) is 4.34 Å². The van der Waals surface area contributed by atoms with E-state index < -0.39 is 0 Å². The van der Waals surface area contributed by atoms with Gasteiger partial charge < -0.3 is 5.73 Å². The number of nitrogens with two attached hydrogens (primary N) is 1. The number of thioether (sulfide) groups is 1. The van der Waals surface area contributed by atoms with Crippen molar-refractivity contribution in [1.82, 2.24) is 20.2 Å². The molecule has 2 aromatic heterocycles. The first-order valence-electron chi connectivity index (χ1n) is 3.80. The molecular formula is C7H7N5S2. The summed E-state index contributed by atoms with van der Waals surface area (Å²) in [5.74, 6) is 1.18. The van der Waals surface area contributed by atoms with Crippen LogP contribution in [0.5, 0.6) is 0 Å². The van der Waals surface area contributed by atoms with Crippen LogP contribution in [0.1, 0.15) is 5.69 Å². The highest BCUT2D eigenvalue weighted by Gasteiger charge is 2.00. The van der Waals surface area contributed by atoms with Crippen molar-refractivity contribution in [3.05, 3.63) is 23.6 Å². The van der Waals surface area contributed by atoms with E-state index in [-0.39, 0.29) is 0 Å². The minimum atomic E-state index is 0.440. The number of nitrogen functional groups attached to an aromatic ring is 1. The summed E-state index contributed by atoms with van der Waals surface area (Å²) in [5.41, 5.74) is 8.01. The van der Waals surface area contributed by atoms with Crippen molar-refractivity contribution in [1.29, 1.82) is 0 Å². The summed E-state index contributed by atoms with van der Waals surface area (Å²) in [6, 6.07) is 0. The molecule has 0 bridgehead atoms. The monoisotopic (exact) mass is 225 g/mol. The van der Waals surface area contributed by atoms with Crippen LogP contribution in [0.4, 0.5) is 5.82 Å². The number of anilines is 1. The van der Waals surface area contributed by atoms with Gasteiger partial charge in [0.2, 0.25) is 0 Å². The van der Waals surface area contributed by atoms with Crippen LogP contribution in [-0.2, 0) is 5.75 Å². The van der Waals surface area contributed by atoms with Gasteiger partial charge in [0, 0.05) is 5.75 Å². The zero-order valence-corrected chi connectivity index (χ0v) is 8.75. The van der Waals surface area contributed by atoms with Gasteiger partial charge in [0.05, 0.1) is 18.1 Å². The number of rotatable bonds is 3. The molecule has 0 spiro atoms. The third-order valence-electron chi connectivity index (χ3n) is 1.41. The van der Waals surface area contributed by atoms with Crippen LogP contribution >= 0.6 is 23.1 Å². The van der Waals surface area contributed by atoms with Gasteiger partial charge >= 0.3 is 0 Å². The Balaban J connectivity index is 1.95. The fourth-order valence-corrected chi connectivity index (χ4v) is 2.18. The third kappa shape index (κ3) is 2.39. The van der Waals surface area contributed by atoms with Crippen LogP contribution in [0.25, 0.3) is 0 Å². The summed E-state index contributed by atoms with van der Waals surface area (Å²) in [4.78, 5) is 8.07. The first-order valence-corrected chi connectivity index (χ1v) is 5.66. The Morgan fingerprint density at radius 1 is 1.36 bits per heavy atom. The summed E-state index contributed by atoms with van der Waals surface area (Å²) < 4.78 is 0.934. The Hall–Kier alpha value is -1.21. The molecule has 72 valence electrons. The molecule has 0 atom stereocenters. The molecule has 14 heavy (non-hydrogen) atoms. The van der Waals surface area contributed by atoms with Gasteiger partial charge in [-0.15, -0.1) is 10.2 Å². The lowest BCUT2D eigenvalue weighted by Crippen LogP contribution is -1.94. The van der Waals surface area contributed by atoms with E-state index in [1.165, 1.54) is 11.3 Å². The largest absolute Gasteiger partial charge is 0.382 e. The van der Waals surface area contributed by atoms with Gasteiger partial charge in [0.1, 0.15) is 11.3 Å². The smallest absolute Gasteiger partial charge is 0.174 e. The van der Waals surface area contributed by atoms with Crippen LogP contribution in [-0.4, -0.2) is 20.2 Å². The summed E-state index contributed by atoms with van der Waals surface area (Å²) >= 11 is 3.10. The SMILES string of the molecule is Nc1cnc(CSc2nncs2)cn1. The van der Waals surface area contributed by atoms with E-state index in [4.69, 9.17) is 5.73 Å². The molecule has 2 aromatic rings. The van der Waals surface area contributed by atoms with Crippen molar-refractivity contribution in [2.45, 2.75) is 10.1 Å². The molecule has 0 fully saturated rings. The second kappa shape index (κ2) is 4.34. The quantitative estimate of drug-likeness (QED) is 0.791. The Labute approximate surface area is 88.8 Å². The summed E-state index contributed by atoms with van der Waals surface area (Å²) in [5, 5.41) is 7.65. The highest BCUT2D eigenvalue weighted by molar-refractivity contribution is 8.00. The molecule has 0 aliphatic carbocycles. The van der Waals surface area contributed by atoms with Crippen molar-refractivity contribution < 1.29 is 0 Å². The Bertz CT molecular complexity index is 385. The summed E-state index contributed by atoms with van der Waals surface area (Å²) in [6.45, 7) is 0. The van der Waals surface area contributed by atoms with Crippen LogP contribution in [0.15, 0.2) is 22.2 Å². The number of hydrogen-bond donors (Lipinski definition) is 1. The molecular weight excluding hydrogens is 218 g/mol. The normalized spacial score (nSPS) is 10.3.